The Balaban J connectivity index is 1.51. The fraction of sp³-hybridized carbons (Fsp3) is 0.320. The monoisotopic (exact) mass is 457 g/mol. The van der Waals surface area contributed by atoms with Gasteiger partial charge in [0.15, 0.2) is 0 Å². The number of nitrogens with two attached hydrogens (primary N) is 1. The van der Waals surface area contributed by atoms with Crippen LogP contribution >= 0.6 is 0 Å². The van der Waals surface area contributed by atoms with E-state index in [1.54, 1.807) is 18.2 Å². The zero-order valence-electron chi connectivity index (χ0n) is 19.1. The van der Waals surface area contributed by atoms with Gasteiger partial charge in [0.25, 0.3) is 0 Å². The lowest BCUT2D eigenvalue weighted by Gasteiger charge is -2.24. The molecule has 8 nitrogen and oxygen atoms in total. The number of hydrogen-bond acceptors (Lipinski definition) is 7. The second-order valence-corrected chi connectivity index (χ2v) is 9.15. The summed E-state index contributed by atoms with van der Waals surface area (Å²) >= 11 is 0. The molecule has 1 amide bonds. The van der Waals surface area contributed by atoms with Crippen molar-refractivity contribution < 1.29 is 14.8 Å². The van der Waals surface area contributed by atoms with Crippen LogP contribution in [0.1, 0.15) is 57.0 Å². The quantitative estimate of drug-likeness (QED) is 0.347. The zero-order chi connectivity index (χ0) is 23.8. The summed E-state index contributed by atoms with van der Waals surface area (Å²) < 4.78 is 0. The molecule has 1 aromatic heterocycles. The van der Waals surface area contributed by atoms with Crippen molar-refractivity contribution in [3.8, 4) is 0 Å². The van der Waals surface area contributed by atoms with E-state index < -0.39 is 13.0 Å². The average molecular weight is 457 g/mol. The molecule has 0 radical (unpaired) electrons. The van der Waals surface area contributed by atoms with Crippen LogP contribution < -0.4 is 21.8 Å². The van der Waals surface area contributed by atoms with Crippen molar-refractivity contribution in [3.05, 3.63) is 81.8 Å². The number of nitrogens with zero attached hydrogens (tertiary/aromatic N) is 2. The molecule has 0 bridgehead atoms. The lowest BCUT2D eigenvalue weighted by Crippen LogP contribution is -2.30. The molecule has 0 saturated carbocycles. The van der Waals surface area contributed by atoms with Gasteiger partial charge >= 0.3 is 7.12 Å². The smallest absolute Gasteiger partial charge is 0.423 e. The second kappa shape index (κ2) is 9.17. The third-order valence-electron chi connectivity index (χ3n) is 6.85. The van der Waals surface area contributed by atoms with Crippen molar-refractivity contribution in [3.63, 3.8) is 0 Å². The normalized spacial score (nSPS) is 18.8. The molecule has 1 aliphatic heterocycles. The van der Waals surface area contributed by atoms with Gasteiger partial charge in [-0.1, -0.05) is 43.3 Å². The summed E-state index contributed by atoms with van der Waals surface area (Å²) in [6, 6.07) is 12.9. The van der Waals surface area contributed by atoms with Crippen LogP contribution in [-0.2, 0) is 25.9 Å². The lowest BCUT2D eigenvalue weighted by atomic mass is 9.79. The Morgan fingerprint density at radius 3 is 2.82 bits per heavy atom. The maximum absolute atomic E-state index is 12.0. The van der Waals surface area contributed by atoms with Gasteiger partial charge in [0, 0.05) is 43.1 Å². The third kappa shape index (κ3) is 4.18. The van der Waals surface area contributed by atoms with Crippen molar-refractivity contribution in [2.45, 2.75) is 38.8 Å². The molecule has 2 aliphatic rings. The van der Waals surface area contributed by atoms with Gasteiger partial charge in [-0.25, -0.2) is 9.97 Å². The minimum absolute atomic E-state index is 0.0112. The maximum atomic E-state index is 12.0. The van der Waals surface area contributed by atoms with Crippen molar-refractivity contribution >= 4 is 24.3 Å². The fourth-order valence-corrected chi connectivity index (χ4v) is 5.19. The Kier molecular flexibility index (Phi) is 6.08. The van der Waals surface area contributed by atoms with Crippen LogP contribution in [0, 0.1) is 5.92 Å². The second-order valence-electron chi connectivity index (χ2n) is 9.15. The first-order valence-corrected chi connectivity index (χ1v) is 11.6. The highest BCUT2D eigenvalue weighted by Crippen LogP contribution is 2.43. The van der Waals surface area contributed by atoms with Gasteiger partial charge in [-0.15, -0.1) is 0 Å². The SMILES string of the molecule is CC1Cc2c(C(N)=O)cccc2C1c1nc2c(c(NCc3cccc(B(O)O)c3)n1)CNCC2. The number of anilines is 1. The molecule has 6 N–H and O–H groups in total. The number of nitrogens with one attached hydrogen (secondary N) is 2. The van der Waals surface area contributed by atoms with Crippen LogP contribution in [0.2, 0.25) is 0 Å². The molecule has 0 saturated heterocycles. The van der Waals surface area contributed by atoms with E-state index >= 15 is 0 Å². The van der Waals surface area contributed by atoms with Gasteiger partial charge in [0.1, 0.15) is 11.6 Å². The molecule has 0 fully saturated rings. The molecule has 5 rings (SSSR count). The van der Waals surface area contributed by atoms with Crippen molar-refractivity contribution in [1.82, 2.24) is 15.3 Å². The Hall–Kier alpha value is -3.27. The van der Waals surface area contributed by atoms with Crippen LogP contribution in [0.5, 0.6) is 0 Å². The standard InChI is InChI=1S/C25H28BN5O3/c1-14-10-19-17(6-3-7-18(19)23(27)32)22(14)25-30-21-8-9-28-13-20(21)24(31-25)29-12-15-4-2-5-16(11-15)26(33)34/h2-7,11,14,22,28,33-34H,8-10,12-13H2,1H3,(H2,27,32)(H,29,30,31). The number of fused-ring (bicyclic) bond motifs is 2. The molecule has 34 heavy (non-hydrogen) atoms. The number of hydrogen-bond donors (Lipinski definition) is 5. The third-order valence-corrected chi connectivity index (χ3v) is 6.85. The Bertz CT molecular complexity index is 1250. The minimum Gasteiger partial charge on any atom is -0.423 e. The van der Waals surface area contributed by atoms with E-state index in [0.717, 1.165) is 59.0 Å². The van der Waals surface area contributed by atoms with E-state index in [9.17, 15) is 14.8 Å². The van der Waals surface area contributed by atoms with Gasteiger partial charge < -0.3 is 26.4 Å². The van der Waals surface area contributed by atoms with E-state index in [-0.39, 0.29) is 11.8 Å². The number of aromatic nitrogens is 2. The highest BCUT2D eigenvalue weighted by atomic mass is 16.4. The number of rotatable bonds is 6. The summed E-state index contributed by atoms with van der Waals surface area (Å²) in [5.41, 5.74) is 11.8. The molecule has 2 aromatic carbocycles. The predicted molar refractivity (Wildman–Crippen MR) is 131 cm³/mol. The molecule has 1 aliphatic carbocycles. The molecular weight excluding hydrogens is 429 g/mol. The van der Waals surface area contributed by atoms with Gasteiger partial charge in [-0.3, -0.25) is 4.79 Å². The summed E-state index contributed by atoms with van der Waals surface area (Å²) in [7, 11) is -1.50. The number of amides is 1. The van der Waals surface area contributed by atoms with Crippen molar-refractivity contribution in [2.75, 3.05) is 11.9 Å². The zero-order valence-corrected chi connectivity index (χ0v) is 19.1. The van der Waals surface area contributed by atoms with Crippen LogP contribution in [0.3, 0.4) is 0 Å². The van der Waals surface area contributed by atoms with E-state index in [4.69, 9.17) is 15.7 Å². The first-order valence-electron chi connectivity index (χ1n) is 11.6. The minimum atomic E-state index is -1.50. The Morgan fingerprint density at radius 1 is 1.21 bits per heavy atom. The lowest BCUT2D eigenvalue weighted by molar-refractivity contribution is 0.0999. The summed E-state index contributed by atoms with van der Waals surface area (Å²) in [5, 5.41) is 25.8. The first kappa shape index (κ1) is 22.5. The van der Waals surface area contributed by atoms with Gasteiger partial charge in [-0.2, -0.15) is 0 Å². The maximum Gasteiger partial charge on any atom is 0.488 e. The van der Waals surface area contributed by atoms with Crippen LogP contribution in [0.4, 0.5) is 5.82 Å². The summed E-state index contributed by atoms with van der Waals surface area (Å²) in [4.78, 5) is 22.0. The van der Waals surface area contributed by atoms with Crippen molar-refractivity contribution in [1.29, 1.82) is 0 Å². The van der Waals surface area contributed by atoms with Crippen LogP contribution in [-0.4, -0.2) is 39.6 Å². The number of benzene rings is 2. The van der Waals surface area contributed by atoms with Gasteiger partial charge in [0.2, 0.25) is 5.91 Å². The van der Waals surface area contributed by atoms with E-state index in [2.05, 4.69) is 23.6 Å². The number of carbonyl (C=O) groups is 1. The topological polar surface area (TPSA) is 133 Å². The van der Waals surface area contributed by atoms with E-state index in [1.807, 2.05) is 18.2 Å². The van der Waals surface area contributed by atoms with Gasteiger partial charge in [0.05, 0.1) is 5.69 Å². The van der Waals surface area contributed by atoms with E-state index in [1.165, 1.54) is 0 Å². The molecule has 3 aromatic rings. The summed E-state index contributed by atoms with van der Waals surface area (Å²) in [6.07, 6.45) is 1.58. The van der Waals surface area contributed by atoms with Crippen LogP contribution in [0.15, 0.2) is 42.5 Å². The number of carbonyl (C=O) groups excluding carboxylic acids is 1. The van der Waals surface area contributed by atoms with Crippen molar-refractivity contribution in [2.24, 2.45) is 11.7 Å². The molecule has 2 heterocycles. The Labute approximate surface area is 198 Å². The fourth-order valence-electron chi connectivity index (χ4n) is 5.19. The molecular formula is C25H28BN5O3. The number of primary amides is 1. The molecule has 174 valence electrons. The molecule has 9 heteroatoms. The van der Waals surface area contributed by atoms with Crippen LogP contribution in [0.25, 0.3) is 0 Å². The van der Waals surface area contributed by atoms with Gasteiger partial charge in [-0.05, 0) is 40.6 Å². The highest BCUT2D eigenvalue weighted by Gasteiger charge is 2.36. The van der Waals surface area contributed by atoms with E-state index in [0.29, 0.717) is 24.1 Å². The summed E-state index contributed by atoms with van der Waals surface area (Å²) in [5.74, 6) is 1.37. The predicted octanol–water partition coefficient (Wildman–Crippen LogP) is 0.837. The highest BCUT2D eigenvalue weighted by molar-refractivity contribution is 6.58. The summed E-state index contributed by atoms with van der Waals surface area (Å²) in [6.45, 7) is 4.21. The Morgan fingerprint density at radius 2 is 2.03 bits per heavy atom. The molecule has 2 unspecified atom stereocenters. The molecule has 0 spiro atoms. The molecule has 2 atom stereocenters. The average Bonchev–Trinajstić information content (AvgIpc) is 3.18. The first-order chi connectivity index (χ1) is 16.4. The largest absolute Gasteiger partial charge is 0.488 e.